The molecule has 1 aliphatic carbocycles. The molecule has 154 valence electrons. The van der Waals surface area contributed by atoms with Gasteiger partial charge in [-0.25, -0.2) is 4.39 Å². The minimum atomic E-state index is -0.206. The van der Waals surface area contributed by atoms with Gasteiger partial charge in [0.25, 0.3) is 0 Å². The van der Waals surface area contributed by atoms with Crippen LogP contribution in [0.5, 0.6) is 0 Å². The molecule has 2 aromatic carbocycles. The number of halogens is 2. The van der Waals surface area contributed by atoms with Gasteiger partial charge >= 0.3 is 0 Å². The summed E-state index contributed by atoms with van der Waals surface area (Å²) in [5.74, 6) is 0.408. The molecule has 0 radical (unpaired) electrons. The second kappa shape index (κ2) is 9.11. The molecule has 0 spiro atoms. The van der Waals surface area contributed by atoms with Gasteiger partial charge in [-0.05, 0) is 48.6 Å². The monoisotopic (exact) mass is 508 g/mol. The lowest BCUT2D eigenvalue weighted by Crippen LogP contribution is -2.46. The minimum Gasteiger partial charge on any atom is -0.356 e. The lowest BCUT2D eigenvalue weighted by molar-refractivity contribution is -0.117. The summed E-state index contributed by atoms with van der Waals surface area (Å²) < 4.78 is 13.6. The van der Waals surface area contributed by atoms with Gasteiger partial charge in [0.05, 0.1) is 6.54 Å². The number of rotatable bonds is 5. The molecule has 0 atom stereocenters. The first-order valence-electron chi connectivity index (χ1n) is 9.70. The number of fused-ring (bicyclic) bond motifs is 1. The summed E-state index contributed by atoms with van der Waals surface area (Å²) in [7, 11) is 1.69. The van der Waals surface area contributed by atoms with Crippen LogP contribution in [0.3, 0.4) is 0 Å². The number of carbonyl (C=O) groups is 1. The molecule has 0 bridgehead atoms. The summed E-state index contributed by atoms with van der Waals surface area (Å²) >= 11 is 0. The average molecular weight is 508 g/mol. The summed E-state index contributed by atoms with van der Waals surface area (Å²) in [6, 6.07) is 14.8. The van der Waals surface area contributed by atoms with E-state index in [0.29, 0.717) is 19.0 Å². The SMILES string of the molecule is CN=C(NCC(=O)N1CCc2ccccc21)NCC1(c2cccc(F)c2)CC1.I. The summed E-state index contributed by atoms with van der Waals surface area (Å²) in [5.41, 5.74) is 3.18. The maximum Gasteiger partial charge on any atom is 0.246 e. The van der Waals surface area contributed by atoms with Crippen LogP contribution in [-0.4, -0.2) is 38.5 Å². The molecule has 1 amide bonds. The van der Waals surface area contributed by atoms with Crippen LogP contribution in [-0.2, 0) is 16.6 Å². The number of benzene rings is 2. The Hall–Kier alpha value is -2.16. The van der Waals surface area contributed by atoms with Crippen LogP contribution >= 0.6 is 24.0 Å². The zero-order chi connectivity index (χ0) is 19.6. The van der Waals surface area contributed by atoms with E-state index in [1.165, 1.54) is 11.6 Å². The summed E-state index contributed by atoms with van der Waals surface area (Å²) in [5, 5.41) is 6.41. The van der Waals surface area contributed by atoms with Crippen molar-refractivity contribution < 1.29 is 9.18 Å². The van der Waals surface area contributed by atoms with E-state index < -0.39 is 0 Å². The Bertz CT molecular complexity index is 913. The number of para-hydroxylation sites is 1. The van der Waals surface area contributed by atoms with E-state index in [4.69, 9.17) is 0 Å². The second-order valence-electron chi connectivity index (χ2n) is 7.49. The van der Waals surface area contributed by atoms with Crippen molar-refractivity contribution in [1.82, 2.24) is 10.6 Å². The van der Waals surface area contributed by atoms with E-state index in [9.17, 15) is 9.18 Å². The van der Waals surface area contributed by atoms with Crippen molar-refractivity contribution in [2.75, 3.05) is 31.6 Å². The van der Waals surface area contributed by atoms with E-state index in [2.05, 4.69) is 21.7 Å². The van der Waals surface area contributed by atoms with Crippen molar-refractivity contribution in [3.63, 3.8) is 0 Å². The molecule has 0 aromatic heterocycles. The summed E-state index contributed by atoms with van der Waals surface area (Å²) in [4.78, 5) is 18.7. The van der Waals surface area contributed by atoms with Gasteiger partial charge in [0.15, 0.2) is 5.96 Å². The number of nitrogens with one attached hydrogen (secondary N) is 2. The van der Waals surface area contributed by atoms with Crippen molar-refractivity contribution in [2.45, 2.75) is 24.7 Å². The van der Waals surface area contributed by atoms with Crippen molar-refractivity contribution in [3.8, 4) is 0 Å². The normalized spacial score (nSPS) is 16.6. The number of guanidine groups is 1. The molecule has 0 unspecified atom stereocenters. The minimum absolute atomic E-state index is 0. The van der Waals surface area contributed by atoms with Crippen LogP contribution in [0.2, 0.25) is 0 Å². The Balaban J connectivity index is 0.00000240. The quantitative estimate of drug-likeness (QED) is 0.371. The van der Waals surface area contributed by atoms with Gasteiger partial charge in [0.2, 0.25) is 5.91 Å². The maximum atomic E-state index is 13.6. The topological polar surface area (TPSA) is 56.7 Å². The number of amides is 1. The Kier molecular flexibility index (Phi) is 6.77. The molecule has 1 heterocycles. The molecule has 29 heavy (non-hydrogen) atoms. The molecule has 7 heteroatoms. The zero-order valence-corrected chi connectivity index (χ0v) is 18.8. The molecule has 5 nitrogen and oxygen atoms in total. The number of anilines is 1. The molecule has 0 saturated heterocycles. The van der Waals surface area contributed by atoms with E-state index in [-0.39, 0.29) is 47.7 Å². The molecule has 2 aliphatic rings. The Morgan fingerprint density at radius 3 is 2.69 bits per heavy atom. The van der Waals surface area contributed by atoms with E-state index in [1.807, 2.05) is 29.2 Å². The van der Waals surface area contributed by atoms with Crippen molar-refractivity contribution in [3.05, 3.63) is 65.5 Å². The molecule has 1 saturated carbocycles. The molecular formula is C22H26FIN4O. The van der Waals surface area contributed by atoms with E-state index >= 15 is 0 Å². The fraction of sp³-hybridized carbons (Fsp3) is 0.364. The maximum absolute atomic E-state index is 13.6. The lowest BCUT2D eigenvalue weighted by atomic mass is 9.96. The third-order valence-electron chi connectivity index (χ3n) is 5.70. The number of hydrogen-bond donors (Lipinski definition) is 2. The van der Waals surface area contributed by atoms with Gasteiger partial charge < -0.3 is 15.5 Å². The Labute approximate surface area is 187 Å². The largest absolute Gasteiger partial charge is 0.356 e. The number of aliphatic imine (C=N–C) groups is 1. The van der Waals surface area contributed by atoms with E-state index in [1.54, 1.807) is 19.2 Å². The smallest absolute Gasteiger partial charge is 0.246 e. The number of hydrogen-bond acceptors (Lipinski definition) is 2. The molecule has 2 aromatic rings. The zero-order valence-electron chi connectivity index (χ0n) is 16.5. The van der Waals surface area contributed by atoms with Gasteiger partial charge in [0, 0.05) is 31.2 Å². The molecule has 2 N–H and O–H groups in total. The highest BCUT2D eigenvalue weighted by Crippen LogP contribution is 2.47. The molecule has 4 rings (SSSR count). The predicted octanol–water partition coefficient (Wildman–Crippen LogP) is 3.23. The highest BCUT2D eigenvalue weighted by atomic mass is 127. The standard InChI is InChI=1S/C22H25FN4O.HI/c1-24-21(26-15-22(10-11-22)17-6-4-7-18(23)13-17)25-14-20(28)27-12-9-16-5-2-3-8-19(16)27;/h2-8,13H,9-12,14-15H2,1H3,(H2,24,25,26);1H. The highest BCUT2D eigenvalue weighted by molar-refractivity contribution is 14.0. The fourth-order valence-electron chi connectivity index (χ4n) is 3.86. The first-order chi connectivity index (χ1) is 13.6. The van der Waals surface area contributed by atoms with Crippen LogP contribution in [0.1, 0.15) is 24.0 Å². The van der Waals surface area contributed by atoms with Crippen molar-refractivity contribution >= 4 is 41.5 Å². The third-order valence-corrected chi connectivity index (χ3v) is 5.70. The first kappa shape index (κ1) is 21.5. The predicted molar refractivity (Wildman–Crippen MR) is 125 cm³/mol. The second-order valence-corrected chi connectivity index (χ2v) is 7.49. The van der Waals surface area contributed by atoms with Crippen LogP contribution in [0.4, 0.5) is 10.1 Å². The lowest BCUT2D eigenvalue weighted by Gasteiger charge is -2.21. The average Bonchev–Trinajstić information content (AvgIpc) is 3.39. The van der Waals surface area contributed by atoms with Gasteiger partial charge in [0.1, 0.15) is 5.82 Å². The fourth-order valence-corrected chi connectivity index (χ4v) is 3.86. The third kappa shape index (κ3) is 4.71. The van der Waals surface area contributed by atoms with E-state index in [0.717, 1.165) is 30.5 Å². The number of carbonyl (C=O) groups excluding carboxylic acids is 1. The molecular weight excluding hydrogens is 482 g/mol. The first-order valence-corrected chi connectivity index (χ1v) is 9.70. The van der Waals surface area contributed by atoms with Crippen LogP contribution in [0, 0.1) is 5.82 Å². The Morgan fingerprint density at radius 1 is 1.17 bits per heavy atom. The van der Waals surface area contributed by atoms with Crippen molar-refractivity contribution in [2.24, 2.45) is 4.99 Å². The van der Waals surface area contributed by atoms with Crippen LogP contribution in [0.15, 0.2) is 53.5 Å². The van der Waals surface area contributed by atoms with Gasteiger partial charge in [-0.3, -0.25) is 9.79 Å². The molecule has 1 aliphatic heterocycles. The summed E-state index contributed by atoms with van der Waals surface area (Å²) in [6.07, 6.45) is 2.93. The highest BCUT2D eigenvalue weighted by Gasteiger charge is 2.44. The molecule has 1 fully saturated rings. The van der Waals surface area contributed by atoms with Gasteiger partial charge in [-0.15, -0.1) is 24.0 Å². The van der Waals surface area contributed by atoms with Crippen LogP contribution in [0.25, 0.3) is 0 Å². The van der Waals surface area contributed by atoms with Gasteiger partial charge in [-0.2, -0.15) is 0 Å². The van der Waals surface area contributed by atoms with Gasteiger partial charge in [-0.1, -0.05) is 30.3 Å². The summed E-state index contributed by atoms with van der Waals surface area (Å²) in [6.45, 7) is 1.56. The van der Waals surface area contributed by atoms with Crippen molar-refractivity contribution in [1.29, 1.82) is 0 Å². The number of nitrogens with zero attached hydrogens (tertiary/aromatic N) is 2. The Morgan fingerprint density at radius 2 is 1.97 bits per heavy atom. The van der Waals surface area contributed by atoms with Crippen LogP contribution < -0.4 is 15.5 Å².